The first-order valence-corrected chi connectivity index (χ1v) is 9.37. The number of rotatable bonds is 6. The van der Waals surface area contributed by atoms with E-state index in [0.29, 0.717) is 31.0 Å². The molecule has 0 aromatic carbocycles. The molecule has 0 bridgehead atoms. The highest BCUT2D eigenvalue weighted by Crippen LogP contribution is 2.38. The van der Waals surface area contributed by atoms with Gasteiger partial charge in [-0.15, -0.1) is 0 Å². The zero-order valence-corrected chi connectivity index (χ0v) is 15.0. The maximum Gasteiger partial charge on any atom is 0.266 e. The highest BCUT2D eigenvalue weighted by Gasteiger charge is 2.29. The van der Waals surface area contributed by atoms with Gasteiger partial charge < -0.3 is 4.42 Å². The molecule has 3 heterocycles. The molecule has 1 saturated carbocycles. The van der Waals surface area contributed by atoms with E-state index in [0.717, 1.165) is 36.7 Å². The van der Waals surface area contributed by atoms with Gasteiger partial charge in [0.25, 0.3) is 5.56 Å². The van der Waals surface area contributed by atoms with Gasteiger partial charge in [-0.25, -0.2) is 9.67 Å². The monoisotopic (exact) mass is 342 g/mol. The number of hydrogen-bond acceptors (Lipinski definition) is 5. The van der Waals surface area contributed by atoms with E-state index >= 15 is 0 Å². The maximum atomic E-state index is 12.2. The second-order valence-electron chi connectivity index (χ2n) is 7.63. The Kier molecular flexibility index (Phi) is 4.46. The van der Waals surface area contributed by atoms with Crippen molar-refractivity contribution in [1.29, 1.82) is 0 Å². The standard InChI is InChI=1S/C19H26N4O2/c1-13(2)17-10-20-18(25-17)12-22-9-3-4-15(22)11-23-19(24)8-7-16(21-23)14-5-6-14/h7-8,10,13-15H,3-6,9,11-12H2,1-2H3. The molecule has 1 saturated heterocycles. The quantitative estimate of drug-likeness (QED) is 0.808. The average Bonchev–Trinajstić information content (AvgIpc) is 3.18. The Morgan fingerprint density at radius 3 is 2.84 bits per heavy atom. The molecule has 6 nitrogen and oxygen atoms in total. The summed E-state index contributed by atoms with van der Waals surface area (Å²) < 4.78 is 7.51. The third kappa shape index (κ3) is 3.68. The summed E-state index contributed by atoms with van der Waals surface area (Å²) in [5, 5.41) is 4.61. The second kappa shape index (κ2) is 6.75. The van der Waals surface area contributed by atoms with Crippen LogP contribution in [-0.2, 0) is 13.1 Å². The molecular weight excluding hydrogens is 316 g/mol. The van der Waals surface area contributed by atoms with Gasteiger partial charge in [-0.05, 0) is 38.3 Å². The molecule has 1 unspecified atom stereocenters. The summed E-state index contributed by atoms with van der Waals surface area (Å²) in [6, 6.07) is 3.88. The number of hydrogen-bond donors (Lipinski definition) is 0. The first kappa shape index (κ1) is 16.5. The van der Waals surface area contributed by atoms with Gasteiger partial charge in [-0.3, -0.25) is 9.69 Å². The maximum absolute atomic E-state index is 12.2. The van der Waals surface area contributed by atoms with Crippen LogP contribution in [0.2, 0.25) is 0 Å². The second-order valence-corrected chi connectivity index (χ2v) is 7.63. The molecule has 1 aliphatic heterocycles. The van der Waals surface area contributed by atoms with Crippen molar-refractivity contribution in [2.45, 2.75) is 70.5 Å². The Morgan fingerprint density at radius 2 is 2.12 bits per heavy atom. The molecule has 25 heavy (non-hydrogen) atoms. The lowest BCUT2D eigenvalue weighted by Gasteiger charge is -2.23. The van der Waals surface area contributed by atoms with E-state index in [4.69, 9.17) is 4.42 Å². The van der Waals surface area contributed by atoms with Crippen LogP contribution in [0.1, 0.15) is 68.7 Å². The Morgan fingerprint density at radius 1 is 1.28 bits per heavy atom. The predicted octanol–water partition coefficient (Wildman–Crippen LogP) is 2.90. The lowest BCUT2D eigenvalue weighted by Crippen LogP contribution is -2.36. The molecule has 134 valence electrons. The van der Waals surface area contributed by atoms with Crippen LogP contribution in [0.4, 0.5) is 0 Å². The van der Waals surface area contributed by atoms with Crippen molar-refractivity contribution in [3.8, 4) is 0 Å². The van der Waals surface area contributed by atoms with Crippen molar-refractivity contribution in [3.05, 3.63) is 46.0 Å². The van der Waals surface area contributed by atoms with Gasteiger partial charge in [0.2, 0.25) is 5.89 Å². The molecule has 0 amide bonds. The molecule has 2 aliphatic rings. The molecule has 2 fully saturated rings. The normalized spacial score (nSPS) is 21.3. The van der Waals surface area contributed by atoms with Crippen molar-refractivity contribution < 1.29 is 4.42 Å². The van der Waals surface area contributed by atoms with E-state index in [1.54, 1.807) is 10.7 Å². The Balaban J connectivity index is 1.46. The predicted molar refractivity (Wildman–Crippen MR) is 94.5 cm³/mol. The highest BCUT2D eigenvalue weighted by atomic mass is 16.4. The topological polar surface area (TPSA) is 64.2 Å². The summed E-state index contributed by atoms with van der Waals surface area (Å²) in [7, 11) is 0. The fraction of sp³-hybridized carbons (Fsp3) is 0.632. The molecule has 4 rings (SSSR count). The van der Waals surface area contributed by atoms with Gasteiger partial charge in [0.05, 0.1) is 25.0 Å². The van der Waals surface area contributed by atoms with Gasteiger partial charge in [0.1, 0.15) is 5.76 Å². The van der Waals surface area contributed by atoms with E-state index in [1.807, 2.05) is 12.3 Å². The molecule has 0 N–H and O–H groups in total. The van der Waals surface area contributed by atoms with Crippen LogP contribution in [0.15, 0.2) is 27.5 Å². The highest BCUT2D eigenvalue weighted by molar-refractivity contribution is 5.12. The summed E-state index contributed by atoms with van der Waals surface area (Å²) >= 11 is 0. The van der Waals surface area contributed by atoms with Crippen LogP contribution in [0.3, 0.4) is 0 Å². The summed E-state index contributed by atoms with van der Waals surface area (Å²) in [5.41, 5.74) is 1.06. The van der Waals surface area contributed by atoms with Gasteiger partial charge >= 0.3 is 0 Å². The van der Waals surface area contributed by atoms with E-state index < -0.39 is 0 Å². The summed E-state index contributed by atoms with van der Waals surface area (Å²) in [6.45, 7) is 6.58. The van der Waals surface area contributed by atoms with Crippen molar-refractivity contribution in [3.63, 3.8) is 0 Å². The summed E-state index contributed by atoms with van der Waals surface area (Å²) in [6.07, 6.45) is 6.45. The van der Waals surface area contributed by atoms with E-state index in [-0.39, 0.29) is 5.56 Å². The molecule has 1 aliphatic carbocycles. The molecule has 6 heteroatoms. The third-order valence-electron chi connectivity index (χ3n) is 5.24. The van der Waals surface area contributed by atoms with Gasteiger partial charge in [-0.2, -0.15) is 5.10 Å². The number of aromatic nitrogens is 3. The minimum absolute atomic E-state index is 0.00512. The molecule has 0 radical (unpaired) electrons. The summed E-state index contributed by atoms with van der Waals surface area (Å²) in [5.74, 6) is 2.61. The number of oxazole rings is 1. The first-order chi connectivity index (χ1) is 12.1. The zero-order chi connectivity index (χ0) is 17.4. The average molecular weight is 342 g/mol. The number of likely N-dealkylation sites (tertiary alicyclic amines) is 1. The van der Waals surface area contributed by atoms with Gasteiger partial charge in [0.15, 0.2) is 0 Å². The van der Waals surface area contributed by atoms with Crippen molar-refractivity contribution >= 4 is 0 Å². The van der Waals surface area contributed by atoms with Crippen molar-refractivity contribution in [2.75, 3.05) is 6.54 Å². The largest absolute Gasteiger partial charge is 0.444 e. The van der Waals surface area contributed by atoms with Crippen molar-refractivity contribution in [1.82, 2.24) is 19.7 Å². The van der Waals surface area contributed by atoms with Crippen LogP contribution >= 0.6 is 0 Å². The summed E-state index contributed by atoms with van der Waals surface area (Å²) in [4.78, 5) is 19.0. The fourth-order valence-electron chi connectivity index (χ4n) is 3.54. The van der Waals surface area contributed by atoms with Crippen molar-refractivity contribution in [2.24, 2.45) is 0 Å². The van der Waals surface area contributed by atoms with Gasteiger partial charge in [-0.1, -0.05) is 13.8 Å². The number of nitrogens with zero attached hydrogens (tertiary/aromatic N) is 4. The molecule has 1 atom stereocenters. The smallest absolute Gasteiger partial charge is 0.266 e. The molecular formula is C19H26N4O2. The van der Waals surface area contributed by atoms with Crippen LogP contribution in [-0.4, -0.2) is 32.3 Å². The molecule has 0 spiro atoms. The van der Waals surface area contributed by atoms with E-state index in [9.17, 15) is 4.79 Å². The third-order valence-corrected chi connectivity index (χ3v) is 5.24. The Hall–Kier alpha value is -1.95. The molecule has 2 aromatic rings. The van der Waals surface area contributed by atoms with Crippen LogP contribution < -0.4 is 5.56 Å². The van der Waals surface area contributed by atoms with E-state index in [2.05, 4.69) is 28.8 Å². The van der Waals surface area contributed by atoms with Crippen LogP contribution in [0.5, 0.6) is 0 Å². The Bertz CT molecular complexity index is 791. The zero-order valence-electron chi connectivity index (χ0n) is 15.0. The van der Waals surface area contributed by atoms with E-state index in [1.165, 1.54) is 12.8 Å². The molecule has 2 aromatic heterocycles. The minimum atomic E-state index is -0.00512. The van der Waals surface area contributed by atoms with Crippen LogP contribution in [0, 0.1) is 0 Å². The SMILES string of the molecule is CC(C)c1cnc(CN2CCCC2Cn2nc(C3CC3)ccc2=O)o1. The lowest BCUT2D eigenvalue weighted by atomic mass is 10.2. The Labute approximate surface area is 147 Å². The lowest BCUT2D eigenvalue weighted by molar-refractivity contribution is 0.195. The minimum Gasteiger partial charge on any atom is -0.444 e. The fourth-order valence-corrected chi connectivity index (χ4v) is 3.54. The van der Waals surface area contributed by atoms with Gasteiger partial charge in [0, 0.05) is 23.9 Å². The van der Waals surface area contributed by atoms with Crippen LogP contribution in [0.25, 0.3) is 0 Å². The first-order valence-electron chi connectivity index (χ1n) is 9.37.